The van der Waals surface area contributed by atoms with E-state index in [9.17, 15) is 18.0 Å². The Balaban J connectivity index is 2.17. The van der Waals surface area contributed by atoms with Crippen LogP contribution in [0.25, 0.3) is 0 Å². The van der Waals surface area contributed by atoms with E-state index in [0.29, 0.717) is 24.4 Å². The Morgan fingerprint density at radius 1 is 1.41 bits per heavy atom. The van der Waals surface area contributed by atoms with Crippen molar-refractivity contribution in [1.82, 2.24) is 10.2 Å². The van der Waals surface area contributed by atoms with Crippen LogP contribution in [0.4, 0.5) is 18.0 Å². The van der Waals surface area contributed by atoms with Crippen molar-refractivity contribution >= 4 is 17.6 Å². The third-order valence-corrected chi connectivity index (χ3v) is 3.90. The van der Waals surface area contributed by atoms with Crippen molar-refractivity contribution in [2.24, 2.45) is 0 Å². The van der Waals surface area contributed by atoms with Crippen LogP contribution in [0.5, 0.6) is 0 Å². The number of urea groups is 1. The first kappa shape index (κ1) is 16.9. The largest absolute Gasteiger partial charge is 0.412 e. The highest BCUT2D eigenvalue weighted by Gasteiger charge is 2.43. The standard InChI is InChI=1S/C14H16ClF3N2O2/c15-10-5-3-9(4-6-10)12(14(16,17)18)19-13(22)20-7-1-2-11(20)8-21/h3-6,11-12,21H,1-2,7-8H2,(H,19,22)/t11-,12?/m0/s1. The molecule has 0 radical (unpaired) electrons. The lowest BCUT2D eigenvalue weighted by molar-refractivity contribution is -0.155. The zero-order chi connectivity index (χ0) is 16.3. The van der Waals surface area contributed by atoms with E-state index in [2.05, 4.69) is 0 Å². The fraction of sp³-hybridized carbons (Fsp3) is 0.500. The molecule has 0 aliphatic carbocycles. The number of hydrogen-bond acceptors (Lipinski definition) is 2. The van der Waals surface area contributed by atoms with Gasteiger partial charge in [-0.05, 0) is 30.5 Å². The van der Waals surface area contributed by atoms with E-state index >= 15 is 0 Å². The summed E-state index contributed by atoms with van der Waals surface area (Å²) in [5.41, 5.74) is -0.0926. The number of aliphatic hydroxyl groups is 1. The topological polar surface area (TPSA) is 52.6 Å². The van der Waals surface area contributed by atoms with Crippen molar-refractivity contribution in [3.05, 3.63) is 34.9 Å². The minimum Gasteiger partial charge on any atom is -0.394 e. The summed E-state index contributed by atoms with van der Waals surface area (Å²) in [6, 6.07) is 1.77. The second-order valence-corrected chi connectivity index (χ2v) is 5.58. The first-order valence-corrected chi connectivity index (χ1v) is 7.21. The average molecular weight is 337 g/mol. The van der Waals surface area contributed by atoms with Crippen molar-refractivity contribution in [2.75, 3.05) is 13.2 Å². The second kappa shape index (κ2) is 6.75. The molecular formula is C14H16ClF3N2O2. The van der Waals surface area contributed by atoms with Crippen molar-refractivity contribution in [2.45, 2.75) is 31.1 Å². The fourth-order valence-corrected chi connectivity index (χ4v) is 2.63. The lowest BCUT2D eigenvalue weighted by Gasteiger charge is -2.28. The zero-order valence-corrected chi connectivity index (χ0v) is 12.4. The third kappa shape index (κ3) is 3.84. The Kier molecular flexibility index (Phi) is 5.18. The molecule has 1 heterocycles. The summed E-state index contributed by atoms with van der Waals surface area (Å²) in [5, 5.41) is 11.5. The van der Waals surface area contributed by atoms with E-state index in [4.69, 9.17) is 16.7 Å². The van der Waals surface area contributed by atoms with Crippen LogP contribution in [0.15, 0.2) is 24.3 Å². The highest BCUT2D eigenvalue weighted by molar-refractivity contribution is 6.30. The first-order chi connectivity index (χ1) is 10.3. The van der Waals surface area contributed by atoms with Gasteiger partial charge in [0, 0.05) is 11.6 Å². The quantitative estimate of drug-likeness (QED) is 0.891. The van der Waals surface area contributed by atoms with E-state index in [1.54, 1.807) is 0 Å². The predicted octanol–water partition coefficient (Wildman–Crippen LogP) is 3.11. The van der Waals surface area contributed by atoms with Gasteiger partial charge >= 0.3 is 12.2 Å². The van der Waals surface area contributed by atoms with Crippen LogP contribution in [0, 0.1) is 0 Å². The lowest BCUT2D eigenvalue weighted by Crippen LogP contribution is -2.48. The molecule has 2 N–H and O–H groups in total. The van der Waals surface area contributed by atoms with Gasteiger partial charge in [-0.2, -0.15) is 13.2 Å². The van der Waals surface area contributed by atoms with Gasteiger partial charge in [-0.25, -0.2) is 4.79 Å². The molecular weight excluding hydrogens is 321 g/mol. The number of nitrogens with one attached hydrogen (secondary N) is 1. The van der Waals surface area contributed by atoms with Crippen molar-refractivity contribution in [3.8, 4) is 0 Å². The molecule has 1 aliphatic heterocycles. The molecule has 1 unspecified atom stereocenters. The maximum atomic E-state index is 13.2. The molecule has 0 saturated carbocycles. The molecule has 1 aromatic carbocycles. The van der Waals surface area contributed by atoms with Crippen molar-refractivity contribution in [3.63, 3.8) is 0 Å². The van der Waals surface area contributed by atoms with Gasteiger partial charge in [0.1, 0.15) is 0 Å². The molecule has 0 spiro atoms. The number of benzene rings is 1. The number of alkyl halides is 3. The molecule has 1 fully saturated rings. The summed E-state index contributed by atoms with van der Waals surface area (Å²) in [4.78, 5) is 13.3. The molecule has 4 nitrogen and oxygen atoms in total. The van der Waals surface area contributed by atoms with Crippen molar-refractivity contribution in [1.29, 1.82) is 0 Å². The number of carbonyl (C=O) groups excluding carboxylic acids is 1. The summed E-state index contributed by atoms with van der Waals surface area (Å²) in [5.74, 6) is 0. The Morgan fingerprint density at radius 3 is 2.59 bits per heavy atom. The molecule has 1 aromatic rings. The molecule has 2 rings (SSSR count). The molecule has 2 atom stereocenters. The van der Waals surface area contributed by atoms with Gasteiger partial charge in [0.15, 0.2) is 6.04 Å². The number of hydrogen-bond donors (Lipinski definition) is 2. The van der Waals surface area contributed by atoms with Crippen LogP contribution in [0.1, 0.15) is 24.4 Å². The van der Waals surface area contributed by atoms with Gasteiger partial charge in [-0.15, -0.1) is 0 Å². The first-order valence-electron chi connectivity index (χ1n) is 6.83. The molecule has 1 saturated heterocycles. The number of halogens is 4. The summed E-state index contributed by atoms with van der Waals surface area (Å²) in [6.07, 6.45) is -3.38. The van der Waals surface area contributed by atoms with Gasteiger partial charge in [0.05, 0.1) is 12.6 Å². The van der Waals surface area contributed by atoms with Gasteiger partial charge < -0.3 is 15.3 Å². The Hall–Kier alpha value is -1.47. The summed E-state index contributed by atoms with van der Waals surface area (Å²) in [7, 11) is 0. The SMILES string of the molecule is O=C(NC(c1ccc(Cl)cc1)C(F)(F)F)N1CCC[C@H]1CO. The maximum Gasteiger partial charge on any atom is 0.412 e. The van der Waals surface area contributed by atoms with E-state index < -0.39 is 24.3 Å². The number of aliphatic hydroxyl groups excluding tert-OH is 1. The number of rotatable bonds is 3. The lowest BCUT2D eigenvalue weighted by atomic mass is 10.1. The summed E-state index contributed by atoms with van der Waals surface area (Å²) < 4.78 is 39.7. The monoisotopic (exact) mass is 336 g/mol. The highest BCUT2D eigenvalue weighted by atomic mass is 35.5. The summed E-state index contributed by atoms with van der Waals surface area (Å²) >= 11 is 5.67. The number of nitrogens with zero attached hydrogens (tertiary/aromatic N) is 1. The third-order valence-electron chi connectivity index (χ3n) is 3.65. The number of amides is 2. The highest BCUT2D eigenvalue weighted by Crippen LogP contribution is 2.33. The minimum atomic E-state index is -4.63. The van der Waals surface area contributed by atoms with Crippen LogP contribution in [0.2, 0.25) is 5.02 Å². The normalized spacial score (nSPS) is 20.0. The second-order valence-electron chi connectivity index (χ2n) is 5.15. The van der Waals surface area contributed by atoms with Crippen LogP contribution < -0.4 is 5.32 Å². The molecule has 8 heteroatoms. The van der Waals surface area contributed by atoms with Gasteiger partial charge in [-0.3, -0.25) is 0 Å². The average Bonchev–Trinajstić information content (AvgIpc) is 2.93. The van der Waals surface area contributed by atoms with E-state index in [1.807, 2.05) is 5.32 Å². The predicted molar refractivity (Wildman–Crippen MR) is 75.6 cm³/mol. The van der Waals surface area contributed by atoms with Gasteiger partial charge in [0.25, 0.3) is 0 Å². The zero-order valence-electron chi connectivity index (χ0n) is 11.6. The van der Waals surface area contributed by atoms with Crippen LogP contribution >= 0.6 is 11.6 Å². The molecule has 0 bridgehead atoms. The number of likely N-dealkylation sites (tertiary alicyclic amines) is 1. The maximum absolute atomic E-state index is 13.2. The Morgan fingerprint density at radius 2 is 2.05 bits per heavy atom. The van der Waals surface area contributed by atoms with Gasteiger partial charge in [-0.1, -0.05) is 23.7 Å². The molecule has 22 heavy (non-hydrogen) atoms. The van der Waals surface area contributed by atoms with Crippen LogP contribution in [-0.2, 0) is 0 Å². The minimum absolute atomic E-state index is 0.0926. The Labute approximate surface area is 130 Å². The van der Waals surface area contributed by atoms with E-state index in [0.717, 1.165) is 0 Å². The Bertz CT molecular complexity index is 522. The molecule has 2 amide bonds. The van der Waals surface area contributed by atoms with Crippen molar-refractivity contribution < 1.29 is 23.1 Å². The van der Waals surface area contributed by atoms with Crippen LogP contribution in [0.3, 0.4) is 0 Å². The smallest absolute Gasteiger partial charge is 0.394 e. The number of carbonyl (C=O) groups is 1. The van der Waals surface area contributed by atoms with Crippen LogP contribution in [-0.4, -0.2) is 41.4 Å². The van der Waals surface area contributed by atoms with Gasteiger partial charge in [0.2, 0.25) is 0 Å². The van der Waals surface area contributed by atoms with E-state index in [1.165, 1.54) is 29.2 Å². The molecule has 122 valence electrons. The molecule has 0 aromatic heterocycles. The molecule has 1 aliphatic rings. The van der Waals surface area contributed by atoms with E-state index in [-0.39, 0.29) is 12.2 Å². The fourth-order valence-electron chi connectivity index (χ4n) is 2.51. The summed E-state index contributed by atoms with van der Waals surface area (Å²) in [6.45, 7) is 0.0767.